The molecule has 1 rings (SSSR count). The highest BCUT2D eigenvalue weighted by Crippen LogP contribution is 2.02. The van der Waals surface area contributed by atoms with E-state index in [1.54, 1.807) is 24.3 Å². The number of carbonyl (C=O) groups is 1. The van der Waals surface area contributed by atoms with Gasteiger partial charge in [-0.1, -0.05) is 18.2 Å². The second kappa shape index (κ2) is 10.0. The van der Waals surface area contributed by atoms with Crippen LogP contribution >= 0.6 is 0 Å². The van der Waals surface area contributed by atoms with Crippen LogP contribution in [-0.2, 0) is 0 Å². The summed E-state index contributed by atoms with van der Waals surface area (Å²) in [6, 6.07) is 8.71. The molecule has 4 heteroatoms. The first kappa shape index (κ1) is 13.6. The smallest absolute Gasteiger partial charge is 0.503 e. The number of rotatable bonds is 0. The molecule has 3 N–H and O–H groups in total. The highest BCUT2D eigenvalue weighted by molar-refractivity contribution is 5.53. The van der Waals surface area contributed by atoms with Gasteiger partial charge < -0.3 is 15.3 Å². The Hall–Kier alpha value is -1.97. The van der Waals surface area contributed by atoms with Crippen molar-refractivity contribution < 1.29 is 20.1 Å². The maximum Gasteiger partial charge on any atom is 0.503 e. The van der Waals surface area contributed by atoms with Gasteiger partial charge in [0.15, 0.2) is 0 Å². The third kappa shape index (κ3) is 17.8. The summed E-state index contributed by atoms with van der Waals surface area (Å²) in [7, 11) is 0. The Kier molecular flexibility index (Phi) is 10.5. The highest BCUT2D eigenvalue weighted by Gasteiger charge is 1.74. The largest absolute Gasteiger partial charge is 0.508 e. The molecular formula is C9H12O4. The molecule has 0 fully saturated rings. The van der Waals surface area contributed by atoms with Crippen molar-refractivity contribution in [1.82, 2.24) is 0 Å². The Balaban J connectivity index is 0. The minimum Gasteiger partial charge on any atom is -0.508 e. The summed E-state index contributed by atoms with van der Waals surface area (Å²) in [6.45, 7) is 6.00. The van der Waals surface area contributed by atoms with E-state index in [-0.39, 0.29) is 0 Å². The first-order valence-corrected chi connectivity index (χ1v) is 3.29. The van der Waals surface area contributed by atoms with Crippen LogP contribution in [0.1, 0.15) is 0 Å². The Bertz CT molecular complexity index is 216. The van der Waals surface area contributed by atoms with Crippen LogP contribution < -0.4 is 0 Å². The van der Waals surface area contributed by atoms with E-state index in [4.69, 9.17) is 20.1 Å². The lowest BCUT2D eigenvalue weighted by Gasteiger charge is -1.82. The zero-order chi connectivity index (χ0) is 10.7. The first-order valence-electron chi connectivity index (χ1n) is 3.29. The quantitative estimate of drug-likeness (QED) is 0.541. The van der Waals surface area contributed by atoms with Crippen molar-refractivity contribution in [1.29, 1.82) is 0 Å². The molecule has 0 aliphatic heterocycles. The lowest BCUT2D eigenvalue weighted by Crippen LogP contribution is -1.81. The van der Waals surface area contributed by atoms with Gasteiger partial charge in [0.25, 0.3) is 0 Å². The van der Waals surface area contributed by atoms with E-state index in [0.717, 1.165) is 0 Å². The molecule has 13 heavy (non-hydrogen) atoms. The number of aromatic hydroxyl groups is 1. The summed E-state index contributed by atoms with van der Waals surface area (Å²) in [5.41, 5.74) is 0. The first-order chi connectivity index (χ1) is 6.13. The molecule has 0 atom stereocenters. The number of benzene rings is 1. The van der Waals surface area contributed by atoms with Gasteiger partial charge in [0.1, 0.15) is 5.75 Å². The minimum absolute atomic E-state index is 0.322. The summed E-state index contributed by atoms with van der Waals surface area (Å²) >= 11 is 0. The molecule has 0 saturated carbocycles. The van der Waals surface area contributed by atoms with E-state index in [0.29, 0.717) is 5.75 Å². The molecular weight excluding hydrogens is 172 g/mol. The third-order valence-corrected chi connectivity index (χ3v) is 0.756. The molecule has 0 heterocycles. The fourth-order valence-electron chi connectivity index (χ4n) is 0.428. The molecule has 1 aromatic rings. The van der Waals surface area contributed by atoms with Gasteiger partial charge >= 0.3 is 6.16 Å². The predicted molar refractivity (Wildman–Crippen MR) is 50.0 cm³/mol. The van der Waals surface area contributed by atoms with Crippen LogP contribution in [0, 0.1) is 0 Å². The SMILES string of the molecule is C=C.O=C(O)O.Oc1ccccc1. The summed E-state index contributed by atoms with van der Waals surface area (Å²) in [6.07, 6.45) is -1.83. The van der Waals surface area contributed by atoms with Crippen molar-refractivity contribution in [2.45, 2.75) is 0 Å². The lowest BCUT2D eigenvalue weighted by atomic mass is 10.3. The molecule has 0 unspecified atom stereocenters. The van der Waals surface area contributed by atoms with Crippen LogP contribution in [0.25, 0.3) is 0 Å². The predicted octanol–water partition coefficient (Wildman–Crippen LogP) is 2.42. The molecule has 0 aliphatic rings. The van der Waals surface area contributed by atoms with Crippen molar-refractivity contribution in [2.75, 3.05) is 0 Å². The topological polar surface area (TPSA) is 77.8 Å². The third-order valence-electron chi connectivity index (χ3n) is 0.756. The molecule has 0 saturated heterocycles. The van der Waals surface area contributed by atoms with Gasteiger partial charge in [0, 0.05) is 0 Å². The van der Waals surface area contributed by atoms with Crippen molar-refractivity contribution in [3.8, 4) is 5.75 Å². The second-order valence-electron chi connectivity index (χ2n) is 1.62. The van der Waals surface area contributed by atoms with Gasteiger partial charge in [0.05, 0.1) is 0 Å². The number of hydrogen-bond acceptors (Lipinski definition) is 2. The second-order valence-corrected chi connectivity index (χ2v) is 1.62. The molecule has 72 valence electrons. The van der Waals surface area contributed by atoms with Crippen LogP contribution in [-0.4, -0.2) is 21.5 Å². The van der Waals surface area contributed by atoms with Crippen LogP contribution in [0.5, 0.6) is 5.75 Å². The number of carboxylic acid groups (broad SMARTS) is 2. The van der Waals surface area contributed by atoms with Gasteiger partial charge in [-0.15, -0.1) is 13.2 Å². The van der Waals surface area contributed by atoms with E-state index in [2.05, 4.69) is 13.2 Å². The summed E-state index contributed by atoms with van der Waals surface area (Å²) in [5.74, 6) is 0.322. The van der Waals surface area contributed by atoms with Gasteiger partial charge in [-0.2, -0.15) is 0 Å². The van der Waals surface area contributed by atoms with E-state index in [9.17, 15) is 0 Å². The molecule has 0 aromatic heterocycles. The van der Waals surface area contributed by atoms with E-state index < -0.39 is 6.16 Å². The van der Waals surface area contributed by atoms with Gasteiger partial charge in [-0.3, -0.25) is 0 Å². The molecule has 0 radical (unpaired) electrons. The summed E-state index contributed by atoms with van der Waals surface area (Å²) < 4.78 is 0. The van der Waals surface area contributed by atoms with Crippen molar-refractivity contribution >= 4 is 6.16 Å². The molecule has 0 bridgehead atoms. The maximum atomic E-state index is 8.63. The van der Waals surface area contributed by atoms with Crippen LogP contribution in [0.2, 0.25) is 0 Å². The maximum absolute atomic E-state index is 8.63. The van der Waals surface area contributed by atoms with Crippen LogP contribution in [0.4, 0.5) is 4.79 Å². The normalized spacial score (nSPS) is 6.77. The number of para-hydroxylation sites is 1. The van der Waals surface area contributed by atoms with Crippen LogP contribution in [0.3, 0.4) is 0 Å². The number of phenols is 1. The van der Waals surface area contributed by atoms with Crippen molar-refractivity contribution in [3.05, 3.63) is 43.5 Å². The Labute approximate surface area is 76.4 Å². The van der Waals surface area contributed by atoms with E-state index >= 15 is 0 Å². The minimum atomic E-state index is -1.83. The molecule has 1 aromatic carbocycles. The Morgan fingerprint density at radius 3 is 1.54 bits per heavy atom. The molecule has 0 amide bonds. The Morgan fingerprint density at radius 2 is 1.38 bits per heavy atom. The van der Waals surface area contributed by atoms with Crippen molar-refractivity contribution in [3.63, 3.8) is 0 Å². The average molecular weight is 184 g/mol. The fourth-order valence-corrected chi connectivity index (χ4v) is 0.428. The van der Waals surface area contributed by atoms with Gasteiger partial charge in [-0.25, -0.2) is 4.79 Å². The van der Waals surface area contributed by atoms with E-state index in [1.807, 2.05) is 6.07 Å². The monoisotopic (exact) mass is 184 g/mol. The molecule has 0 aliphatic carbocycles. The van der Waals surface area contributed by atoms with Gasteiger partial charge in [-0.05, 0) is 12.1 Å². The zero-order valence-electron chi connectivity index (χ0n) is 7.05. The molecule has 4 nitrogen and oxygen atoms in total. The Morgan fingerprint density at radius 1 is 1.08 bits per heavy atom. The van der Waals surface area contributed by atoms with Crippen molar-refractivity contribution in [2.24, 2.45) is 0 Å². The van der Waals surface area contributed by atoms with Gasteiger partial charge in [0.2, 0.25) is 0 Å². The zero-order valence-corrected chi connectivity index (χ0v) is 7.05. The summed E-state index contributed by atoms with van der Waals surface area (Å²) in [5, 5.41) is 22.6. The van der Waals surface area contributed by atoms with E-state index in [1.165, 1.54) is 0 Å². The highest BCUT2D eigenvalue weighted by atomic mass is 16.6. The fraction of sp³-hybridized carbons (Fsp3) is 0. The lowest BCUT2D eigenvalue weighted by molar-refractivity contribution is 0.137. The number of phenolic OH excluding ortho intramolecular Hbond substituents is 1. The summed E-state index contributed by atoms with van der Waals surface area (Å²) in [4.78, 5) is 8.56. The standard InChI is InChI=1S/C6H6O.C2H4.CH2O3/c7-6-4-2-1-3-5-6;1-2;2-1(3)4/h1-5,7H;1-2H2;(H2,2,3,4). The van der Waals surface area contributed by atoms with Crippen LogP contribution in [0.15, 0.2) is 43.5 Å². The average Bonchev–Trinajstić information content (AvgIpc) is 2.08. The molecule has 0 spiro atoms. The number of hydrogen-bond donors (Lipinski definition) is 3.